The summed E-state index contributed by atoms with van der Waals surface area (Å²) in [7, 11) is 0. The maximum absolute atomic E-state index is 12.8. The van der Waals surface area contributed by atoms with E-state index in [0.29, 0.717) is 27.8 Å². The van der Waals surface area contributed by atoms with Crippen LogP contribution in [0.5, 0.6) is 5.75 Å². The number of hydrogen-bond acceptors (Lipinski definition) is 4. The summed E-state index contributed by atoms with van der Waals surface area (Å²) in [5.74, 6) is 0.275. The van der Waals surface area contributed by atoms with Crippen molar-refractivity contribution in [2.45, 2.75) is 6.92 Å². The van der Waals surface area contributed by atoms with E-state index in [1.807, 2.05) is 54.6 Å². The van der Waals surface area contributed by atoms with Gasteiger partial charge in [-0.2, -0.15) is 0 Å². The Morgan fingerprint density at radius 2 is 1.54 bits per heavy atom. The topological polar surface area (TPSA) is 52.3 Å². The highest BCUT2D eigenvalue weighted by atomic mass is 35.5. The molecule has 0 aliphatic carbocycles. The molecule has 0 aliphatic rings. The van der Waals surface area contributed by atoms with Crippen molar-refractivity contribution in [3.8, 4) is 28.1 Å². The number of halogens is 1. The highest BCUT2D eigenvalue weighted by Gasteiger charge is 2.24. The van der Waals surface area contributed by atoms with Gasteiger partial charge in [-0.1, -0.05) is 77.4 Å². The molecule has 1 heterocycles. The molecule has 0 bridgehead atoms. The van der Waals surface area contributed by atoms with E-state index < -0.39 is 5.97 Å². The SMILES string of the molecule is Cc1onc(-c2ccccc2Cl)c1C(=O)Oc1ccc(-c2ccccc2)cc1. The minimum atomic E-state index is -0.541. The number of benzene rings is 3. The lowest BCUT2D eigenvalue weighted by Crippen LogP contribution is -2.10. The molecular formula is C23H16ClNO3. The van der Waals surface area contributed by atoms with Crippen molar-refractivity contribution in [2.75, 3.05) is 0 Å². The second-order valence-corrected chi connectivity index (χ2v) is 6.63. The summed E-state index contributed by atoms with van der Waals surface area (Å²) in [5, 5.41) is 4.49. The molecule has 0 radical (unpaired) electrons. The van der Waals surface area contributed by atoms with Gasteiger partial charge in [-0.05, 0) is 36.2 Å². The molecule has 4 aromatic rings. The first kappa shape index (κ1) is 18.0. The molecule has 28 heavy (non-hydrogen) atoms. The number of ether oxygens (including phenoxy) is 1. The van der Waals surface area contributed by atoms with Gasteiger partial charge in [0, 0.05) is 5.56 Å². The summed E-state index contributed by atoms with van der Waals surface area (Å²) in [6.07, 6.45) is 0. The third kappa shape index (κ3) is 3.55. The van der Waals surface area contributed by atoms with Gasteiger partial charge in [-0.15, -0.1) is 0 Å². The fourth-order valence-corrected chi connectivity index (χ4v) is 3.18. The van der Waals surface area contributed by atoms with Gasteiger partial charge >= 0.3 is 5.97 Å². The van der Waals surface area contributed by atoms with E-state index in [9.17, 15) is 4.79 Å². The molecule has 0 unspecified atom stereocenters. The minimum Gasteiger partial charge on any atom is -0.423 e. The van der Waals surface area contributed by atoms with Crippen LogP contribution in [0, 0.1) is 6.92 Å². The van der Waals surface area contributed by atoms with Crippen molar-refractivity contribution < 1.29 is 14.1 Å². The standard InChI is InChI=1S/C23H16ClNO3/c1-15-21(22(25-28-15)19-9-5-6-10-20(19)24)23(26)27-18-13-11-17(12-14-18)16-7-3-2-4-8-16/h2-14H,1H3. The van der Waals surface area contributed by atoms with E-state index in [1.165, 1.54) is 0 Å². The van der Waals surface area contributed by atoms with Gasteiger partial charge in [0.15, 0.2) is 0 Å². The molecule has 0 saturated heterocycles. The van der Waals surface area contributed by atoms with E-state index in [0.717, 1.165) is 11.1 Å². The van der Waals surface area contributed by atoms with Crippen LogP contribution in [-0.2, 0) is 0 Å². The molecule has 3 aromatic carbocycles. The average molecular weight is 390 g/mol. The Morgan fingerprint density at radius 3 is 2.25 bits per heavy atom. The number of aromatic nitrogens is 1. The minimum absolute atomic E-state index is 0.264. The van der Waals surface area contributed by atoms with Crippen LogP contribution in [0.3, 0.4) is 0 Å². The van der Waals surface area contributed by atoms with Gasteiger partial charge in [0.2, 0.25) is 0 Å². The maximum Gasteiger partial charge on any atom is 0.349 e. The van der Waals surface area contributed by atoms with E-state index in [1.54, 1.807) is 31.2 Å². The number of nitrogens with zero attached hydrogens (tertiary/aromatic N) is 1. The van der Waals surface area contributed by atoms with Crippen molar-refractivity contribution in [3.05, 3.63) is 95.2 Å². The quantitative estimate of drug-likeness (QED) is 0.308. The normalized spacial score (nSPS) is 10.6. The van der Waals surface area contributed by atoms with Gasteiger partial charge in [0.05, 0.1) is 5.02 Å². The Kier molecular flexibility index (Phi) is 4.96. The Bertz CT molecular complexity index is 1120. The van der Waals surface area contributed by atoms with Gasteiger partial charge in [-0.25, -0.2) is 4.79 Å². The number of rotatable bonds is 4. The van der Waals surface area contributed by atoms with E-state index >= 15 is 0 Å². The second kappa shape index (κ2) is 7.71. The molecule has 0 spiro atoms. The summed E-state index contributed by atoms with van der Waals surface area (Å²) < 4.78 is 10.8. The number of hydrogen-bond donors (Lipinski definition) is 0. The predicted octanol–water partition coefficient (Wildman–Crippen LogP) is 6.19. The molecule has 1 aromatic heterocycles. The van der Waals surface area contributed by atoms with E-state index in [2.05, 4.69) is 5.16 Å². The van der Waals surface area contributed by atoms with Crippen molar-refractivity contribution in [1.82, 2.24) is 5.16 Å². The summed E-state index contributed by atoms with van der Waals surface area (Å²) in [4.78, 5) is 12.8. The third-order valence-electron chi connectivity index (χ3n) is 4.37. The Morgan fingerprint density at radius 1 is 0.893 bits per heavy atom. The summed E-state index contributed by atoms with van der Waals surface area (Å²) >= 11 is 6.25. The Balaban J connectivity index is 1.60. The maximum atomic E-state index is 12.8. The van der Waals surface area contributed by atoms with Gasteiger partial charge in [0.25, 0.3) is 0 Å². The largest absolute Gasteiger partial charge is 0.423 e. The molecular weight excluding hydrogens is 374 g/mol. The highest BCUT2D eigenvalue weighted by molar-refractivity contribution is 6.33. The molecule has 0 atom stereocenters. The number of aryl methyl sites for hydroxylation is 1. The highest BCUT2D eigenvalue weighted by Crippen LogP contribution is 2.32. The monoisotopic (exact) mass is 389 g/mol. The first-order valence-electron chi connectivity index (χ1n) is 8.72. The zero-order chi connectivity index (χ0) is 19.5. The van der Waals surface area contributed by atoms with Crippen LogP contribution in [0.4, 0.5) is 0 Å². The third-order valence-corrected chi connectivity index (χ3v) is 4.70. The van der Waals surface area contributed by atoms with Crippen molar-refractivity contribution in [3.63, 3.8) is 0 Å². The van der Waals surface area contributed by atoms with E-state index in [-0.39, 0.29) is 5.56 Å². The number of carbonyl (C=O) groups is 1. The Hall–Kier alpha value is -3.37. The number of esters is 1. The van der Waals surface area contributed by atoms with Crippen LogP contribution in [0.15, 0.2) is 83.4 Å². The molecule has 0 aliphatic heterocycles. The van der Waals surface area contributed by atoms with Gasteiger partial charge < -0.3 is 9.26 Å². The molecule has 5 heteroatoms. The first-order chi connectivity index (χ1) is 13.6. The Labute approximate surface area is 167 Å². The first-order valence-corrected chi connectivity index (χ1v) is 9.10. The molecule has 0 amide bonds. The zero-order valence-corrected chi connectivity index (χ0v) is 15.8. The summed E-state index contributed by atoms with van der Waals surface area (Å²) in [6.45, 7) is 1.67. The predicted molar refractivity (Wildman–Crippen MR) is 109 cm³/mol. The van der Waals surface area contributed by atoms with Crippen LogP contribution < -0.4 is 4.74 Å². The van der Waals surface area contributed by atoms with Crippen molar-refractivity contribution >= 4 is 17.6 Å². The van der Waals surface area contributed by atoms with Crippen LogP contribution >= 0.6 is 11.6 Å². The number of carbonyl (C=O) groups excluding carboxylic acids is 1. The molecule has 4 rings (SSSR count). The van der Waals surface area contributed by atoms with Crippen molar-refractivity contribution in [2.24, 2.45) is 0 Å². The lowest BCUT2D eigenvalue weighted by Gasteiger charge is -2.07. The fourth-order valence-electron chi connectivity index (χ4n) is 2.95. The van der Waals surface area contributed by atoms with Crippen molar-refractivity contribution in [1.29, 1.82) is 0 Å². The molecule has 4 nitrogen and oxygen atoms in total. The lowest BCUT2D eigenvalue weighted by molar-refractivity contribution is 0.0733. The summed E-state index contributed by atoms with van der Waals surface area (Å²) in [5.41, 5.74) is 3.39. The second-order valence-electron chi connectivity index (χ2n) is 6.22. The van der Waals surface area contributed by atoms with Crippen LogP contribution in [0.2, 0.25) is 5.02 Å². The van der Waals surface area contributed by atoms with Gasteiger partial charge in [0.1, 0.15) is 22.8 Å². The molecule has 0 saturated carbocycles. The van der Waals surface area contributed by atoms with Crippen LogP contribution in [-0.4, -0.2) is 11.1 Å². The fraction of sp³-hybridized carbons (Fsp3) is 0.0435. The smallest absolute Gasteiger partial charge is 0.349 e. The molecule has 0 fully saturated rings. The van der Waals surface area contributed by atoms with Gasteiger partial charge in [-0.3, -0.25) is 0 Å². The lowest BCUT2D eigenvalue weighted by atomic mass is 10.1. The molecule has 0 N–H and O–H groups in total. The van der Waals surface area contributed by atoms with Crippen LogP contribution in [0.1, 0.15) is 16.1 Å². The summed E-state index contributed by atoms with van der Waals surface area (Å²) in [6, 6.07) is 24.5. The molecule has 138 valence electrons. The zero-order valence-electron chi connectivity index (χ0n) is 15.1. The van der Waals surface area contributed by atoms with Crippen LogP contribution in [0.25, 0.3) is 22.4 Å². The average Bonchev–Trinajstić information content (AvgIpc) is 3.11. The van der Waals surface area contributed by atoms with E-state index in [4.69, 9.17) is 20.9 Å².